The van der Waals surface area contributed by atoms with E-state index in [0.717, 1.165) is 44.5 Å². The molecule has 0 unspecified atom stereocenters. The van der Waals surface area contributed by atoms with Gasteiger partial charge in [0.25, 0.3) is 5.91 Å². The molecule has 1 aromatic heterocycles. The minimum Gasteiger partial charge on any atom is -0.352 e. The molecule has 0 radical (unpaired) electrons. The fourth-order valence-electron chi connectivity index (χ4n) is 3.00. The molecule has 1 aromatic carbocycles. The number of halogens is 3. The molecule has 3 rings (SSSR count). The number of amides is 1. The van der Waals surface area contributed by atoms with Crippen molar-refractivity contribution in [1.82, 2.24) is 20.5 Å². The first-order valence-electron chi connectivity index (χ1n) is 8.42. The highest BCUT2D eigenvalue weighted by Crippen LogP contribution is 2.17. The van der Waals surface area contributed by atoms with E-state index in [4.69, 9.17) is 0 Å². The van der Waals surface area contributed by atoms with Crippen molar-refractivity contribution in [3.63, 3.8) is 0 Å². The molecular weight excluding hydrogens is 378 g/mol. The summed E-state index contributed by atoms with van der Waals surface area (Å²) in [7, 11) is 0. The van der Waals surface area contributed by atoms with E-state index in [-0.39, 0.29) is 36.5 Å². The molecule has 0 bridgehead atoms. The van der Waals surface area contributed by atoms with Crippen molar-refractivity contribution in [3.8, 4) is 0 Å². The molecule has 0 spiro atoms. The topological polar surface area (TPSA) is 57.3 Å². The number of pyridine rings is 1. The summed E-state index contributed by atoms with van der Waals surface area (Å²) in [4.78, 5) is 19.1. The van der Waals surface area contributed by atoms with E-state index in [1.54, 1.807) is 19.1 Å². The normalized spacial score (nSPS) is 14.4. The zero-order valence-electron chi connectivity index (χ0n) is 14.8. The molecule has 0 aliphatic carbocycles. The average molecular weight is 403 g/mol. The molecule has 2 heterocycles. The summed E-state index contributed by atoms with van der Waals surface area (Å²) in [5, 5.41) is 7.06. The molecular formula is C18H25Cl2FN4O. The smallest absolute Gasteiger partial charge is 0.253 e. The number of nitrogens with one attached hydrogen (secondary N) is 2. The second kappa shape index (κ2) is 10.6. The highest BCUT2D eigenvalue weighted by atomic mass is 35.5. The van der Waals surface area contributed by atoms with Gasteiger partial charge in [-0.05, 0) is 38.1 Å². The van der Waals surface area contributed by atoms with Gasteiger partial charge in [-0.1, -0.05) is 0 Å². The number of carbonyl (C=O) groups is 1. The lowest BCUT2D eigenvalue weighted by Crippen LogP contribution is -2.44. The molecule has 26 heavy (non-hydrogen) atoms. The van der Waals surface area contributed by atoms with Gasteiger partial charge >= 0.3 is 0 Å². The van der Waals surface area contributed by atoms with Crippen molar-refractivity contribution in [3.05, 3.63) is 41.3 Å². The molecule has 2 aromatic rings. The summed E-state index contributed by atoms with van der Waals surface area (Å²) in [5.41, 5.74) is 1.74. The maximum atomic E-state index is 13.3. The quantitative estimate of drug-likeness (QED) is 0.754. The second-order valence-corrected chi connectivity index (χ2v) is 6.16. The highest BCUT2D eigenvalue weighted by molar-refractivity contribution is 5.98. The van der Waals surface area contributed by atoms with Crippen LogP contribution >= 0.6 is 24.8 Å². The number of aromatic nitrogens is 1. The van der Waals surface area contributed by atoms with Gasteiger partial charge in [-0.3, -0.25) is 9.78 Å². The van der Waals surface area contributed by atoms with E-state index < -0.39 is 0 Å². The van der Waals surface area contributed by atoms with Crippen LogP contribution in [0.5, 0.6) is 0 Å². The Hall–Kier alpha value is -1.47. The van der Waals surface area contributed by atoms with Gasteiger partial charge in [-0.25, -0.2) is 4.39 Å². The summed E-state index contributed by atoms with van der Waals surface area (Å²) in [5.74, 6) is -0.439. The van der Waals surface area contributed by atoms with E-state index >= 15 is 0 Å². The Labute approximate surface area is 165 Å². The Morgan fingerprint density at radius 3 is 2.73 bits per heavy atom. The van der Waals surface area contributed by atoms with Crippen LogP contribution in [-0.4, -0.2) is 55.1 Å². The van der Waals surface area contributed by atoms with Crippen LogP contribution in [0.15, 0.2) is 24.3 Å². The molecule has 144 valence electrons. The lowest BCUT2D eigenvalue weighted by Gasteiger charge is -2.27. The number of aryl methyl sites for hydroxylation is 1. The number of rotatable bonds is 5. The molecule has 2 N–H and O–H groups in total. The van der Waals surface area contributed by atoms with Crippen molar-refractivity contribution in [2.75, 3.05) is 39.3 Å². The Bertz CT molecular complexity index is 738. The Morgan fingerprint density at radius 2 is 2.00 bits per heavy atom. The van der Waals surface area contributed by atoms with Crippen LogP contribution in [0.25, 0.3) is 10.9 Å². The fourth-order valence-corrected chi connectivity index (χ4v) is 3.00. The monoisotopic (exact) mass is 402 g/mol. The Kier molecular flexibility index (Phi) is 9.22. The van der Waals surface area contributed by atoms with E-state index in [2.05, 4.69) is 20.5 Å². The molecule has 0 atom stereocenters. The number of hydrogen-bond acceptors (Lipinski definition) is 4. The number of fused-ring (bicyclic) bond motifs is 1. The molecule has 1 amide bonds. The lowest BCUT2D eigenvalue weighted by atomic mass is 10.1. The zero-order valence-corrected chi connectivity index (χ0v) is 16.4. The van der Waals surface area contributed by atoms with Crippen LogP contribution in [-0.2, 0) is 0 Å². The zero-order chi connectivity index (χ0) is 16.9. The average Bonchev–Trinajstić information content (AvgIpc) is 2.58. The summed E-state index contributed by atoms with van der Waals surface area (Å²) in [6.45, 7) is 7.63. The van der Waals surface area contributed by atoms with Gasteiger partial charge in [-0.15, -0.1) is 24.8 Å². The van der Waals surface area contributed by atoms with Crippen LogP contribution in [0.2, 0.25) is 0 Å². The Balaban J connectivity index is 0.00000169. The van der Waals surface area contributed by atoms with Crippen LogP contribution < -0.4 is 10.6 Å². The number of nitrogens with zero attached hydrogens (tertiary/aromatic N) is 2. The first kappa shape index (κ1) is 22.6. The van der Waals surface area contributed by atoms with Gasteiger partial charge in [0.2, 0.25) is 0 Å². The van der Waals surface area contributed by atoms with Crippen molar-refractivity contribution in [2.45, 2.75) is 13.3 Å². The largest absolute Gasteiger partial charge is 0.352 e. The summed E-state index contributed by atoms with van der Waals surface area (Å²) in [6, 6.07) is 6.20. The van der Waals surface area contributed by atoms with Crippen molar-refractivity contribution in [1.29, 1.82) is 0 Å². The van der Waals surface area contributed by atoms with Crippen molar-refractivity contribution < 1.29 is 9.18 Å². The number of hydrogen-bond donors (Lipinski definition) is 2. The van der Waals surface area contributed by atoms with Crippen LogP contribution in [0, 0.1) is 12.7 Å². The number of carbonyl (C=O) groups excluding carboxylic acids is 1. The third-order valence-corrected chi connectivity index (χ3v) is 4.36. The van der Waals surface area contributed by atoms with Gasteiger partial charge in [0.1, 0.15) is 5.82 Å². The SMILES string of the molecule is Cc1nc2cc(F)ccc2cc1C(=O)NCCCN1CCNCC1.Cl.Cl. The van der Waals surface area contributed by atoms with Gasteiger partial charge in [0.05, 0.1) is 16.8 Å². The first-order chi connectivity index (χ1) is 11.6. The standard InChI is InChI=1S/C18H23FN4O.2ClH/c1-13-16(11-14-3-4-15(19)12-17(14)22-13)18(24)21-5-2-8-23-9-6-20-7-10-23;;/h3-4,11-12,20H,2,5-10H2,1H3,(H,21,24);2*1H. The fraction of sp³-hybridized carbons (Fsp3) is 0.444. The number of piperazine rings is 1. The van der Waals surface area contributed by atoms with Crippen LogP contribution in [0.3, 0.4) is 0 Å². The second-order valence-electron chi connectivity index (χ2n) is 6.16. The summed E-state index contributed by atoms with van der Waals surface area (Å²) >= 11 is 0. The third kappa shape index (κ3) is 5.77. The summed E-state index contributed by atoms with van der Waals surface area (Å²) < 4.78 is 13.3. The molecule has 1 aliphatic rings. The molecule has 1 saturated heterocycles. The summed E-state index contributed by atoms with van der Waals surface area (Å²) in [6.07, 6.45) is 0.928. The maximum absolute atomic E-state index is 13.3. The first-order valence-corrected chi connectivity index (χ1v) is 8.42. The molecule has 1 fully saturated rings. The molecule has 8 heteroatoms. The van der Waals surface area contributed by atoms with Crippen molar-refractivity contribution >= 4 is 41.6 Å². The maximum Gasteiger partial charge on any atom is 0.253 e. The minimum absolute atomic E-state index is 0. The minimum atomic E-state index is -0.320. The van der Waals surface area contributed by atoms with Gasteiger partial charge in [0.15, 0.2) is 0 Å². The van der Waals surface area contributed by atoms with E-state index in [1.165, 1.54) is 12.1 Å². The van der Waals surface area contributed by atoms with E-state index in [0.29, 0.717) is 23.3 Å². The molecule has 1 aliphatic heterocycles. The number of benzene rings is 1. The third-order valence-electron chi connectivity index (χ3n) is 4.36. The molecule has 0 saturated carbocycles. The van der Waals surface area contributed by atoms with Crippen molar-refractivity contribution in [2.24, 2.45) is 0 Å². The van der Waals surface area contributed by atoms with E-state index in [1.807, 2.05) is 0 Å². The lowest BCUT2D eigenvalue weighted by molar-refractivity contribution is 0.0950. The van der Waals surface area contributed by atoms with Crippen LogP contribution in [0.4, 0.5) is 4.39 Å². The van der Waals surface area contributed by atoms with Gasteiger partial charge in [-0.2, -0.15) is 0 Å². The Morgan fingerprint density at radius 1 is 1.27 bits per heavy atom. The molecule has 5 nitrogen and oxygen atoms in total. The predicted molar refractivity (Wildman–Crippen MR) is 107 cm³/mol. The van der Waals surface area contributed by atoms with E-state index in [9.17, 15) is 9.18 Å². The highest BCUT2D eigenvalue weighted by Gasteiger charge is 2.12. The van der Waals surface area contributed by atoms with Gasteiger partial charge in [0, 0.05) is 44.2 Å². The van der Waals surface area contributed by atoms with Crippen LogP contribution in [0.1, 0.15) is 22.5 Å². The van der Waals surface area contributed by atoms with Gasteiger partial charge < -0.3 is 15.5 Å². The predicted octanol–water partition coefficient (Wildman–Crippen LogP) is 2.55.